The van der Waals surface area contributed by atoms with E-state index >= 15 is 0 Å². The first kappa shape index (κ1) is 18.9. The van der Waals surface area contributed by atoms with Gasteiger partial charge in [-0.15, -0.1) is 15.3 Å². The summed E-state index contributed by atoms with van der Waals surface area (Å²) in [6.45, 7) is 3.44. The van der Waals surface area contributed by atoms with Crippen molar-refractivity contribution in [3.8, 4) is 17.3 Å². The highest BCUT2D eigenvalue weighted by Gasteiger charge is 2.27. The van der Waals surface area contributed by atoms with Crippen LogP contribution in [0.1, 0.15) is 30.7 Å². The van der Waals surface area contributed by atoms with E-state index in [1.165, 1.54) is 34.1 Å². The summed E-state index contributed by atoms with van der Waals surface area (Å²) in [6.07, 6.45) is 4.46. The Hall–Kier alpha value is -3.43. The Morgan fingerprint density at radius 1 is 1.31 bits per heavy atom. The smallest absolute Gasteiger partial charge is 0.237 e. The fraction of sp³-hybridized carbons (Fsp3) is 0.316. The first-order valence-electron chi connectivity index (χ1n) is 9.11. The average molecular weight is 399 g/mol. The third kappa shape index (κ3) is 3.65. The van der Waals surface area contributed by atoms with Crippen LogP contribution in [0.3, 0.4) is 0 Å². The van der Waals surface area contributed by atoms with Crippen molar-refractivity contribution in [1.82, 2.24) is 24.8 Å². The molecular formula is C19H19F2N7O. The fourth-order valence-corrected chi connectivity index (χ4v) is 3.13. The highest BCUT2D eigenvalue weighted by Crippen LogP contribution is 2.40. The van der Waals surface area contributed by atoms with Crippen LogP contribution in [0.2, 0.25) is 0 Å². The van der Waals surface area contributed by atoms with Crippen LogP contribution >= 0.6 is 0 Å². The van der Waals surface area contributed by atoms with Crippen LogP contribution in [-0.2, 0) is 0 Å². The van der Waals surface area contributed by atoms with Crippen LogP contribution in [0.25, 0.3) is 17.0 Å². The molecule has 2 aromatic heterocycles. The number of benzene rings is 1. The molecule has 1 aromatic carbocycles. The third-order valence-corrected chi connectivity index (χ3v) is 4.84. The molecule has 8 nitrogen and oxygen atoms in total. The maximum absolute atomic E-state index is 14.3. The molecule has 0 unspecified atom stereocenters. The van der Waals surface area contributed by atoms with E-state index in [2.05, 4.69) is 32.1 Å². The summed E-state index contributed by atoms with van der Waals surface area (Å²) in [5.74, 6) is -0.844. The van der Waals surface area contributed by atoms with Crippen LogP contribution in [0.15, 0.2) is 34.4 Å². The van der Waals surface area contributed by atoms with Gasteiger partial charge < -0.3 is 4.74 Å². The molecule has 4 rings (SSSR count). The van der Waals surface area contributed by atoms with Crippen molar-refractivity contribution >= 4 is 18.7 Å². The lowest BCUT2D eigenvalue weighted by Crippen LogP contribution is -2.21. The van der Waals surface area contributed by atoms with Crippen molar-refractivity contribution in [2.45, 2.75) is 25.2 Å². The molecule has 0 atom stereocenters. The number of fused-ring (bicyclic) bond motifs is 1. The van der Waals surface area contributed by atoms with Gasteiger partial charge in [0, 0.05) is 12.6 Å². The van der Waals surface area contributed by atoms with Gasteiger partial charge in [0.25, 0.3) is 0 Å². The highest BCUT2D eigenvalue weighted by atomic mass is 19.1. The summed E-state index contributed by atoms with van der Waals surface area (Å²) in [5, 5.41) is 18.0. The number of ether oxygens (including phenoxy) is 1. The van der Waals surface area contributed by atoms with Crippen molar-refractivity contribution < 1.29 is 13.5 Å². The summed E-state index contributed by atoms with van der Waals surface area (Å²) in [5.41, 5.74) is 1.02. The van der Waals surface area contributed by atoms with Crippen molar-refractivity contribution in [3.05, 3.63) is 41.5 Å². The second-order valence-corrected chi connectivity index (χ2v) is 6.77. The van der Waals surface area contributed by atoms with E-state index in [1.807, 2.05) is 6.07 Å². The molecule has 1 fully saturated rings. The van der Waals surface area contributed by atoms with E-state index in [0.29, 0.717) is 17.4 Å². The zero-order chi connectivity index (χ0) is 20.4. The van der Waals surface area contributed by atoms with E-state index in [4.69, 9.17) is 4.74 Å². The summed E-state index contributed by atoms with van der Waals surface area (Å²) in [7, 11) is 1.71. The molecule has 29 heavy (non-hydrogen) atoms. The fourth-order valence-electron chi connectivity index (χ4n) is 3.13. The SMILES string of the molecule is C=N/C=N\N(C)COc1nn2c(-c3c(F)cccc3F)nnc2cc1C1CCC1. The predicted molar refractivity (Wildman–Crippen MR) is 104 cm³/mol. The molecule has 1 aliphatic carbocycles. The Kier molecular flexibility index (Phi) is 5.15. The molecule has 0 amide bonds. The lowest BCUT2D eigenvalue weighted by Gasteiger charge is -2.27. The normalized spacial score (nSPS) is 14.3. The van der Waals surface area contributed by atoms with Crippen LogP contribution in [-0.4, -0.2) is 51.7 Å². The van der Waals surface area contributed by atoms with Gasteiger partial charge in [-0.2, -0.15) is 9.62 Å². The number of halogens is 2. The summed E-state index contributed by atoms with van der Waals surface area (Å²) in [6, 6.07) is 5.44. The van der Waals surface area contributed by atoms with Crippen molar-refractivity contribution in [1.29, 1.82) is 0 Å². The zero-order valence-electron chi connectivity index (χ0n) is 15.8. The number of hydrazone groups is 1. The standard InChI is InChI=1S/C19H19F2N7O/c1-22-10-23-27(2)11-29-19-13(12-5-3-6-12)9-16-24-25-18(28(16)26-19)17-14(20)7-4-8-15(17)21/h4,7-10,12H,1,3,5-6,11H2,2H3/b23-10-. The van der Waals surface area contributed by atoms with Crippen molar-refractivity contribution in [2.75, 3.05) is 13.8 Å². The minimum absolute atomic E-state index is 0.0251. The van der Waals surface area contributed by atoms with E-state index in [0.717, 1.165) is 24.8 Å². The minimum Gasteiger partial charge on any atom is -0.454 e. The van der Waals surface area contributed by atoms with E-state index < -0.39 is 11.6 Å². The van der Waals surface area contributed by atoms with E-state index in [9.17, 15) is 8.78 Å². The number of aliphatic imine (C=N–C) groups is 1. The molecule has 150 valence electrons. The second-order valence-electron chi connectivity index (χ2n) is 6.77. The van der Waals surface area contributed by atoms with Crippen LogP contribution < -0.4 is 4.74 Å². The molecule has 3 aromatic rings. The van der Waals surface area contributed by atoms with Gasteiger partial charge in [-0.1, -0.05) is 12.5 Å². The van der Waals surface area contributed by atoms with Gasteiger partial charge in [-0.3, -0.25) is 10.0 Å². The molecule has 0 N–H and O–H groups in total. The first-order chi connectivity index (χ1) is 14.1. The van der Waals surface area contributed by atoms with Crippen LogP contribution in [0.4, 0.5) is 8.78 Å². The molecule has 0 saturated heterocycles. The zero-order valence-corrected chi connectivity index (χ0v) is 15.8. The Balaban J connectivity index is 1.76. The van der Waals surface area contributed by atoms with E-state index in [-0.39, 0.29) is 18.1 Å². The van der Waals surface area contributed by atoms with Gasteiger partial charge >= 0.3 is 0 Å². The van der Waals surface area contributed by atoms with Gasteiger partial charge in [0.15, 0.2) is 18.2 Å². The van der Waals surface area contributed by atoms with Gasteiger partial charge in [0.2, 0.25) is 5.88 Å². The monoisotopic (exact) mass is 399 g/mol. The molecule has 0 aliphatic heterocycles. The number of rotatable bonds is 7. The summed E-state index contributed by atoms with van der Waals surface area (Å²) >= 11 is 0. The lowest BCUT2D eigenvalue weighted by atomic mass is 9.80. The Morgan fingerprint density at radius 3 is 2.72 bits per heavy atom. The van der Waals surface area contributed by atoms with Gasteiger partial charge in [-0.25, -0.2) is 8.78 Å². The van der Waals surface area contributed by atoms with Gasteiger partial charge in [-0.05, 0) is 43.7 Å². The molecule has 10 heteroatoms. The van der Waals surface area contributed by atoms with Crippen LogP contribution in [0, 0.1) is 11.6 Å². The third-order valence-electron chi connectivity index (χ3n) is 4.84. The molecular weight excluding hydrogens is 380 g/mol. The Bertz CT molecular complexity index is 1060. The molecule has 0 bridgehead atoms. The number of hydrogen-bond acceptors (Lipinski definition) is 6. The van der Waals surface area contributed by atoms with Crippen molar-refractivity contribution in [3.63, 3.8) is 0 Å². The Morgan fingerprint density at radius 2 is 2.07 bits per heavy atom. The molecule has 0 spiro atoms. The Labute approximate surface area is 165 Å². The van der Waals surface area contributed by atoms with Crippen molar-refractivity contribution in [2.24, 2.45) is 10.1 Å². The number of aromatic nitrogens is 4. The maximum atomic E-state index is 14.3. The quantitative estimate of drug-likeness (QED) is 0.264. The largest absolute Gasteiger partial charge is 0.454 e. The lowest BCUT2D eigenvalue weighted by molar-refractivity contribution is 0.148. The van der Waals surface area contributed by atoms with Gasteiger partial charge in [0.05, 0.1) is 5.56 Å². The first-order valence-corrected chi connectivity index (χ1v) is 9.11. The average Bonchev–Trinajstić information content (AvgIpc) is 3.05. The maximum Gasteiger partial charge on any atom is 0.237 e. The van der Waals surface area contributed by atoms with Gasteiger partial charge in [0.1, 0.15) is 18.0 Å². The molecule has 0 radical (unpaired) electrons. The topological polar surface area (TPSA) is 80.3 Å². The highest BCUT2D eigenvalue weighted by molar-refractivity contribution is 5.62. The summed E-state index contributed by atoms with van der Waals surface area (Å²) < 4.78 is 35.7. The molecule has 1 aliphatic rings. The molecule has 1 saturated carbocycles. The second kappa shape index (κ2) is 7.90. The van der Waals surface area contributed by atoms with E-state index in [1.54, 1.807) is 7.05 Å². The number of nitrogens with zero attached hydrogens (tertiary/aromatic N) is 7. The summed E-state index contributed by atoms with van der Waals surface area (Å²) in [4.78, 5) is 3.55. The number of hydrogen-bond donors (Lipinski definition) is 0. The minimum atomic E-state index is -0.738. The van der Waals surface area contributed by atoms with Crippen LogP contribution in [0.5, 0.6) is 5.88 Å². The predicted octanol–water partition coefficient (Wildman–Crippen LogP) is 3.25. The molecule has 2 heterocycles.